The minimum atomic E-state index is 0.858. The van der Waals surface area contributed by atoms with Crippen molar-refractivity contribution < 1.29 is 4.74 Å². The predicted octanol–water partition coefficient (Wildman–Crippen LogP) is 5.29. The van der Waals surface area contributed by atoms with E-state index >= 15 is 0 Å². The lowest BCUT2D eigenvalue weighted by molar-refractivity contribution is 0.413. The molecular formula is C20H18N2OS. The van der Waals surface area contributed by atoms with Crippen molar-refractivity contribution in [1.29, 1.82) is 0 Å². The Bertz CT molecular complexity index is 819. The molecule has 0 saturated carbocycles. The summed E-state index contributed by atoms with van der Waals surface area (Å²) in [5, 5.41) is 4.33. The highest BCUT2D eigenvalue weighted by atomic mass is 32.2. The summed E-state index contributed by atoms with van der Waals surface area (Å²) in [7, 11) is 1.68. The maximum Gasteiger partial charge on any atom is 0.119 e. The molecule has 3 nitrogen and oxygen atoms in total. The van der Waals surface area contributed by atoms with Crippen molar-refractivity contribution in [1.82, 2.24) is 0 Å². The summed E-state index contributed by atoms with van der Waals surface area (Å²) < 4.78 is 5.29. The van der Waals surface area contributed by atoms with E-state index in [9.17, 15) is 0 Å². The van der Waals surface area contributed by atoms with Gasteiger partial charge in [-0.15, -0.1) is 0 Å². The van der Waals surface area contributed by atoms with Crippen molar-refractivity contribution in [3.8, 4) is 5.75 Å². The van der Waals surface area contributed by atoms with Gasteiger partial charge in [-0.25, -0.2) is 0 Å². The molecule has 0 radical (unpaired) electrons. The van der Waals surface area contributed by atoms with Gasteiger partial charge < -0.3 is 4.74 Å². The number of hydrogen-bond acceptors (Lipinski definition) is 4. The third-order valence-corrected chi connectivity index (χ3v) is 4.44. The van der Waals surface area contributed by atoms with Gasteiger partial charge in [0.1, 0.15) is 5.75 Å². The van der Waals surface area contributed by atoms with Gasteiger partial charge >= 0.3 is 0 Å². The Hall–Kier alpha value is -2.72. The van der Waals surface area contributed by atoms with Crippen LogP contribution in [0.25, 0.3) is 0 Å². The fourth-order valence-electron chi connectivity index (χ4n) is 2.16. The van der Waals surface area contributed by atoms with E-state index in [0.717, 1.165) is 26.8 Å². The molecule has 0 aliphatic heterocycles. The first-order chi connectivity index (χ1) is 11.8. The molecule has 0 atom stereocenters. The minimum Gasteiger partial charge on any atom is -0.497 e. The SMILES string of the molecule is COc1cccc(Sc2ccccc2C=NNc2ccccc2)c1. The second-order valence-corrected chi connectivity index (χ2v) is 6.17. The fraction of sp³-hybridized carbons (Fsp3) is 0.0500. The van der Waals surface area contributed by atoms with Crippen LogP contribution in [0.2, 0.25) is 0 Å². The van der Waals surface area contributed by atoms with Crippen molar-refractivity contribution in [3.63, 3.8) is 0 Å². The number of para-hydroxylation sites is 1. The van der Waals surface area contributed by atoms with E-state index in [4.69, 9.17) is 4.74 Å². The van der Waals surface area contributed by atoms with Crippen LogP contribution in [0.3, 0.4) is 0 Å². The molecule has 120 valence electrons. The highest BCUT2D eigenvalue weighted by Gasteiger charge is 2.03. The molecule has 3 aromatic carbocycles. The average Bonchev–Trinajstić information content (AvgIpc) is 2.64. The molecule has 0 aliphatic rings. The van der Waals surface area contributed by atoms with Gasteiger partial charge in [0, 0.05) is 15.4 Å². The van der Waals surface area contributed by atoms with Crippen molar-refractivity contribution in [2.75, 3.05) is 12.5 Å². The molecule has 0 aromatic heterocycles. The van der Waals surface area contributed by atoms with Crippen LogP contribution in [0.1, 0.15) is 5.56 Å². The molecule has 0 spiro atoms. The zero-order chi connectivity index (χ0) is 16.6. The van der Waals surface area contributed by atoms with Crippen LogP contribution < -0.4 is 10.2 Å². The van der Waals surface area contributed by atoms with Crippen molar-refractivity contribution in [3.05, 3.63) is 84.4 Å². The molecule has 24 heavy (non-hydrogen) atoms. The molecule has 1 N–H and O–H groups in total. The zero-order valence-electron chi connectivity index (χ0n) is 13.3. The van der Waals surface area contributed by atoms with Crippen LogP contribution in [0.4, 0.5) is 5.69 Å². The van der Waals surface area contributed by atoms with Gasteiger partial charge in [0.2, 0.25) is 0 Å². The second-order valence-electron chi connectivity index (χ2n) is 5.05. The van der Waals surface area contributed by atoms with Gasteiger partial charge in [-0.2, -0.15) is 5.10 Å². The Morgan fingerprint density at radius 2 is 1.71 bits per heavy atom. The van der Waals surface area contributed by atoms with Crippen molar-refractivity contribution >= 4 is 23.7 Å². The monoisotopic (exact) mass is 334 g/mol. The lowest BCUT2D eigenvalue weighted by Gasteiger charge is -2.07. The van der Waals surface area contributed by atoms with E-state index in [0.29, 0.717) is 0 Å². The van der Waals surface area contributed by atoms with E-state index < -0.39 is 0 Å². The summed E-state index contributed by atoms with van der Waals surface area (Å²) in [6, 6.07) is 26.1. The first-order valence-corrected chi connectivity index (χ1v) is 8.42. The topological polar surface area (TPSA) is 33.6 Å². The van der Waals surface area contributed by atoms with Crippen LogP contribution in [-0.2, 0) is 0 Å². The number of benzene rings is 3. The minimum absolute atomic E-state index is 0.858. The Labute approximate surface area is 146 Å². The highest BCUT2D eigenvalue weighted by molar-refractivity contribution is 7.99. The Morgan fingerprint density at radius 3 is 2.54 bits per heavy atom. The Morgan fingerprint density at radius 1 is 0.917 bits per heavy atom. The Balaban J connectivity index is 1.75. The molecule has 0 aliphatic carbocycles. The van der Waals surface area contributed by atoms with Crippen molar-refractivity contribution in [2.45, 2.75) is 9.79 Å². The van der Waals surface area contributed by atoms with Crippen LogP contribution in [-0.4, -0.2) is 13.3 Å². The first-order valence-electron chi connectivity index (χ1n) is 7.60. The number of anilines is 1. The van der Waals surface area contributed by atoms with Gasteiger partial charge in [0.15, 0.2) is 0 Å². The molecule has 0 bridgehead atoms. The van der Waals surface area contributed by atoms with Crippen LogP contribution in [0, 0.1) is 0 Å². The number of hydrogen-bond donors (Lipinski definition) is 1. The quantitative estimate of drug-likeness (QED) is 0.491. The molecule has 0 amide bonds. The van der Waals surface area contributed by atoms with Crippen LogP contribution in [0.15, 0.2) is 93.8 Å². The standard InChI is InChI=1S/C20H18N2OS/c1-23-18-11-7-12-19(14-18)24-20-13-6-5-8-16(20)15-21-22-17-9-3-2-4-10-17/h2-15,22H,1H3. The van der Waals surface area contributed by atoms with E-state index in [2.05, 4.69) is 28.7 Å². The molecule has 0 unspecified atom stereocenters. The summed E-state index contributed by atoms with van der Waals surface area (Å²) in [4.78, 5) is 2.27. The smallest absolute Gasteiger partial charge is 0.119 e. The fourth-order valence-corrected chi connectivity index (χ4v) is 3.12. The number of methoxy groups -OCH3 is 1. The molecule has 4 heteroatoms. The van der Waals surface area contributed by atoms with Gasteiger partial charge in [0.25, 0.3) is 0 Å². The van der Waals surface area contributed by atoms with E-state index in [1.165, 1.54) is 0 Å². The number of nitrogens with zero attached hydrogens (tertiary/aromatic N) is 1. The molecular weight excluding hydrogens is 316 g/mol. The number of hydrazone groups is 1. The zero-order valence-corrected chi connectivity index (χ0v) is 14.2. The largest absolute Gasteiger partial charge is 0.497 e. The van der Waals surface area contributed by atoms with Gasteiger partial charge in [-0.05, 0) is 36.4 Å². The molecule has 3 aromatic rings. The average molecular weight is 334 g/mol. The first kappa shape index (κ1) is 16.1. The number of ether oxygens (including phenoxy) is 1. The number of rotatable bonds is 6. The maximum atomic E-state index is 5.29. The lowest BCUT2D eigenvalue weighted by Crippen LogP contribution is -1.92. The lowest BCUT2D eigenvalue weighted by atomic mass is 10.2. The third kappa shape index (κ3) is 4.40. The molecule has 0 heterocycles. The molecule has 3 rings (SSSR count). The van der Waals surface area contributed by atoms with E-state index in [1.807, 2.05) is 66.9 Å². The van der Waals surface area contributed by atoms with Crippen LogP contribution >= 0.6 is 11.8 Å². The van der Waals surface area contributed by atoms with E-state index in [1.54, 1.807) is 18.9 Å². The summed E-state index contributed by atoms with van der Waals surface area (Å²) >= 11 is 1.69. The van der Waals surface area contributed by atoms with Crippen LogP contribution in [0.5, 0.6) is 5.75 Å². The normalized spacial score (nSPS) is 10.7. The second kappa shape index (κ2) is 8.22. The highest BCUT2D eigenvalue weighted by Crippen LogP contribution is 2.31. The van der Waals surface area contributed by atoms with Gasteiger partial charge in [-0.3, -0.25) is 5.43 Å². The molecule has 0 saturated heterocycles. The summed E-state index contributed by atoms with van der Waals surface area (Å²) in [5.74, 6) is 0.858. The summed E-state index contributed by atoms with van der Waals surface area (Å²) in [5.41, 5.74) is 5.07. The maximum absolute atomic E-state index is 5.29. The summed E-state index contributed by atoms with van der Waals surface area (Å²) in [6.45, 7) is 0. The summed E-state index contributed by atoms with van der Waals surface area (Å²) in [6.07, 6.45) is 1.84. The third-order valence-electron chi connectivity index (χ3n) is 3.36. The number of nitrogens with one attached hydrogen (secondary N) is 1. The predicted molar refractivity (Wildman–Crippen MR) is 101 cm³/mol. The van der Waals surface area contributed by atoms with Gasteiger partial charge in [-0.1, -0.05) is 54.2 Å². The van der Waals surface area contributed by atoms with Gasteiger partial charge in [0.05, 0.1) is 19.0 Å². The molecule has 0 fully saturated rings. The van der Waals surface area contributed by atoms with Crippen molar-refractivity contribution in [2.24, 2.45) is 5.10 Å². The van der Waals surface area contributed by atoms with E-state index in [-0.39, 0.29) is 0 Å². The Kier molecular flexibility index (Phi) is 5.53.